The van der Waals surface area contributed by atoms with Crippen LogP contribution in [0.25, 0.3) is 64.6 Å². The van der Waals surface area contributed by atoms with Gasteiger partial charge in [-0.3, -0.25) is 0 Å². The van der Waals surface area contributed by atoms with Gasteiger partial charge in [-0.1, -0.05) is 103 Å². The van der Waals surface area contributed by atoms with E-state index in [1.54, 1.807) is 0 Å². The summed E-state index contributed by atoms with van der Waals surface area (Å²) < 4.78 is 0. The lowest BCUT2D eigenvalue weighted by Gasteiger charge is -2.16. The molecule has 7 aromatic carbocycles. The molecule has 0 saturated carbocycles. The van der Waals surface area contributed by atoms with Gasteiger partial charge in [-0.05, 0) is 76.8 Å². The van der Waals surface area contributed by atoms with Crippen molar-refractivity contribution in [3.05, 3.63) is 108 Å². The number of halogens is 1. The number of hydrogen-bond acceptors (Lipinski definition) is 0. The number of fused-ring (bicyclic) bond motifs is 13. The van der Waals surface area contributed by atoms with Crippen LogP contribution in [0.1, 0.15) is 0 Å². The van der Waals surface area contributed by atoms with Crippen LogP contribution >= 0.6 is 11.6 Å². The van der Waals surface area contributed by atoms with Crippen LogP contribution in [0.5, 0.6) is 0 Å². The van der Waals surface area contributed by atoms with Gasteiger partial charge in [0.2, 0.25) is 0 Å². The molecule has 0 amide bonds. The van der Waals surface area contributed by atoms with Crippen LogP contribution in [-0.2, 0) is 0 Å². The second-order valence-electron chi connectivity index (χ2n) is 8.24. The lowest BCUT2D eigenvalue weighted by molar-refractivity contribution is 1.78. The fourth-order valence-corrected chi connectivity index (χ4v) is 5.58. The van der Waals surface area contributed by atoms with Gasteiger partial charge in [0.15, 0.2) is 0 Å². The Labute approximate surface area is 184 Å². The SMILES string of the molecule is Clc1ccc2c3ccccc3c3ccc4c5ccccc5c5ccccc5c4c3c2c1. The van der Waals surface area contributed by atoms with Gasteiger partial charge in [0.1, 0.15) is 0 Å². The van der Waals surface area contributed by atoms with E-state index in [2.05, 4.69) is 97.1 Å². The summed E-state index contributed by atoms with van der Waals surface area (Å²) in [7, 11) is 0. The van der Waals surface area contributed by atoms with Gasteiger partial charge >= 0.3 is 0 Å². The third kappa shape index (κ3) is 2.26. The Morgan fingerprint density at radius 1 is 0.323 bits per heavy atom. The molecule has 1 heteroatoms. The van der Waals surface area contributed by atoms with Crippen LogP contribution in [0.15, 0.2) is 103 Å². The molecule has 0 aliphatic carbocycles. The highest BCUT2D eigenvalue weighted by Gasteiger charge is 2.15. The number of benzene rings is 7. The zero-order valence-corrected chi connectivity index (χ0v) is 17.4. The van der Waals surface area contributed by atoms with E-state index in [-0.39, 0.29) is 0 Å². The molecular weight excluding hydrogens is 396 g/mol. The highest BCUT2D eigenvalue weighted by atomic mass is 35.5. The van der Waals surface area contributed by atoms with Gasteiger partial charge in [0.25, 0.3) is 0 Å². The minimum absolute atomic E-state index is 0.770. The second kappa shape index (κ2) is 6.20. The number of rotatable bonds is 0. The highest BCUT2D eigenvalue weighted by Crippen LogP contribution is 2.44. The minimum Gasteiger partial charge on any atom is -0.0843 e. The van der Waals surface area contributed by atoms with E-state index in [1.807, 2.05) is 6.07 Å². The van der Waals surface area contributed by atoms with Crippen LogP contribution in [0.2, 0.25) is 5.02 Å². The van der Waals surface area contributed by atoms with Crippen molar-refractivity contribution in [3.8, 4) is 0 Å². The van der Waals surface area contributed by atoms with Gasteiger partial charge in [-0.25, -0.2) is 0 Å². The first-order valence-electron chi connectivity index (χ1n) is 10.6. The number of hydrogen-bond donors (Lipinski definition) is 0. The summed E-state index contributed by atoms with van der Waals surface area (Å²) in [6, 6.07) is 37.1. The molecule has 0 saturated heterocycles. The van der Waals surface area contributed by atoms with Gasteiger partial charge in [0, 0.05) is 5.02 Å². The summed E-state index contributed by atoms with van der Waals surface area (Å²) >= 11 is 6.53. The van der Waals surface area contributed by atoms with Crippen LogP contribution in [0, 0.1) is 0 Å². The van der Waals surface area contributed by atoms with E-state index in [1.165, 1.54) is 64.6 Å². The molecule has 0 N–H and O–H groups in total. The fourth-order valence-electron chi connectivity index (χ4n) is 5.41. The molecule has 0 fully saturated rings. The molecule has 0 heterocycles. The Kier molecular flexibility index (Phi) is 3.42. The standard InChI is InChI=1S/C30H17Cl/c31-18-13-14-24-20-8-2-4-11-23(20)27-16-15-26-22-10-3-1-7-19(22)21-9-5-6-12-25(21)29(26)30(27)28(24)17-18/h1-17H. The third-order valence-electron chi connectivity index (χ3n) is 6.67. The van der Waals surface area contributed by atoms with Gasteiger partial charge in [0.05, 0.1) is 0 Å². The quantitative estimate of drug-likeness (QED) is 0.218. The molecule has 0 radical (unpaired) electrons. The highest BCUT2D eigenvalue weighted by molar-refractivity contribution is 6.40. The third-order valence-corrected chi connectivity index (χ3v) is 6.90. The predicted octanol–water partition coefficient (Wildman–Crippen LogP) is 9.26. The zero-order valence-electron chi connectivity index (χ0n) is 16.7. The van der Waals surface area contributed by atoms with Crippen molar-refractivity contribution in [2.45, 2.75) is 0 Å². The molecule has 0 aliphatic heterocycles. The molecule has 7 rings (SSSR count). The molecule has 7 aromatic rings. The molecule has 31 heavy (non-hydrogen) atoms. The minimum atomic E-state index is 0.770. The Balaban J connectivity index is 1.93. The molecule has 0 bridgehead atoms. The van der Waals surface area contributed by atoms with Crippen molar-refractivity contribution in [3.63, 3.8) is 0 Å². The van der Waals surface area contributed by atoms with Crippen LogP contribution < -0.4 is 0 Å². The Bertz CT molecular complexity index is 1810. The largest absolute Gasteiger partial charge is 0.0843 e. The summed E-state index contributed by atoms with van der Waals surface area (Å²) in [5, 5.41) is 16.1. The van der Waals surface area contributed by atoms with E-state index in [0.717, 1.165) is 5.02 Å². The topological polar surface area (TPSA) is 0 Å². The average Bonchev–Trinajstić information content (AvgIpc) is 2.83. The van der Waals surface area contributed by atoms with Gasteiger partial charge in [-0.2, -0.15) is 0 Å². The first kappa shape index (κ1) is 17.1. The van der Waals surface area contributed by atoms with E-state index in [9.17, 15) is 0 Å². The maximum absolute atomic E-state index is 6.53. The van der Waals surface area contributed by atoms with Crippen molar-refractivity contribution in [1.29, 1.82) is 0 Å². The van der Waals surface area contributed by atoms with E-state index in [0.29, 0.717) is 0 Å². The van der Waals surface area contributed by atoms with E-state index < -0.39 is 0 Å². The lowest BCUT2D eigenvalue weighted by atomic mass is 9.87. The molecule has 144 valence electrons. The van der Waals surface area contributed by atoms with Crippen LogP contribution in [0.4, 0.5) is 0 Å². The average molecular weight is 413 g/mol. The molecule has 0 aliphatic rings. The van der Waals surface area contributed by atoms with E-state index in [4.69, 9.17) is 11.6 Å². The molecular formula is C30H17Cl. The van der Waals surface area contributed by atoms with Gasteiger partial charge < -0.3 is 0 Å². The van der Waals surface area contributed by atoms with Crippen LogP contribution in [0.3, 0.4) is 0 Å². The maximum atomic E-state index is 6.53. The smallest absolute Gasteiger partial charge is 0.0412 e. The molecule has 0 aromatic heterocycles. The molecule has 0 nitrogen and oxygen atoms in total. The fraction of sp³-hybridized carbons (Fsp3) is 0. The van der Waals surface area contributed by atoms with Crippen molar-refractivity contribution >= 4 is 76.2 Å². The maximum Gasteiger partial charge on any atom is 0.0412 e. The van der Waals surface area contributed by atoms with Gasteiger partial charge in [-0.15, -0.1) is 0 Å². The zero-order chi connectivity index (χ0) is 20.5. The normalized spacial score (nSPS) is 12.0. The second-order valence-corrected chi connectivity index (χ2v) is 8.67. The summed E-state index contributed by atoms with van der Waals surface area (Å²) in [6.07, 6.45) is 0. The Hall–Kier alpha value is -3.61. The summed E-state index contributed by atoms with van der Waals surface area (Å²) in [6.45, 7) is 0. The molecule has 0 atom stereocenters. The predicted molar refractivity (Wildman–Crippen MR) is 136 cm³/mol. The Morgan fingerprint density at radius 2 is 0.645 bits per heavy atom. The first-order chi connectivity index (χ1) is 15.3. The van der Waals surface area contributed by atoms with Crippen LogP contribution in [-0.4, -0.2) is 0 Å². The van der Waals surface area contributed by atoms with Crippen molar-refractivity contribution < 1.29 is 0 Å². The lowest BCUT2D eigenvalue weighted by Crippen LogP contribution is -1.88. The summed E-state index contributed by atoms with van der Waals surface area (Å²) in [5.74, 6) is 0. The molecule has 0 unspecified atom stereocenters. The molecule has 0 spiro atoms. The monoisotopic (exact) mass is 412 g/mol. The summed E-state index contributed by atoms with van der Waals surface area (Å²) in [5.41, 5.74) is 0. The van der Waals surface area contributed by atoms with E-state index >= 15 is 0 Å². The first-order valence-corrected chi connectivity index (χ1v) is 10.9. The van der Waals surface area contributed by atoms with Crippen molar-refractivity contribution in [1.82, 2.24) is 0 Å². The Morgan fingerprint density at radius 3 is 1.16 bits per heavy atom. The summed E-state index contributed by atoms with van der Waals surface area (Å²) in [4.78, 5) is 0. The van der Waals surface area contributed by atoms with Crippen molar-refractivity contribution in [2.24, 2.45) is 0 Å². The van der Waals surface area contributed by atoms with Crippen molar-refractivity contribution in [2.75, 3.05) is 0 Å².